The summed E-state index contributed by atoms with van der Waals surface area (Å²) in [7, 11) is 0. The van der Waals surface area contributed by atoms with Crippen LogP contribution in [0.1, 0.15) is 24.8 Å². The molecule has 0 aliphatic heterocycles. The van der Waals surface area contributed by atoms with Crippen molar-refractivity contribution >= 4 is 17.3 Å². The molecule has 4 nitrogen and oxygen atoms in total. The lowest BCUT2D eigenvalue weighted by Crippen LogP contribution is -2.29. The maximum absolute atomic E-state index is 10.6. The molecule has 0 unspecified atom stereocenters. The van der Waals surface area contributed by atoms with Crippen LogP contribution in [-0.2, 0) is 6.42 Å². The van der Waals surface area contributed by atoms with Gasteiger partial charge in [0, 0.05) is 12.1 Å². The molecule has 17 heavy (non-hydrogen) atoms. The van der Waals surface area contributed by atoms with Gasteiger partial charge in [0.15, 0.2) is 0 Å². The predicted molar refractivity (Wildman–Crippen MR) is 63.7 cm³/mol. The maximum atomic E-state index is 10.6. The zero-order valence-corrected chi connectivity index (χ0v) is 9.91. The zero-order chi connectivity index (χ0) is 12.5. The van der Waals surface area contributed by atoms with Gasteiger partial charge in [-0.15, -0.1) is 0 Å². The molecule has 1 fully saturated rings. The van der Waals surface area contributed by atoms with E-state index in [0.29, 0.717) is 11.4 Å². The van der Waals surface area contributed by atoms with E-state index < -0.39 is 4.92 Å². The minimum Gasteiger partial charge on any atom is -0.258 e. The van der Waals surface area contributed by atoms with Gasteiger partial charge in [0.1, 0.15) is 0 Å². The fourth-order valence-electron chi connectivity index (χ4n) is 2.09. The van der Waals surface area contributed by atoms with Crippen molar-refractivity contribution in [2.75, 3.05) is 0 Å². The monoisotopic (exact) mass is 250 g/mol. The van der Waals surface area contributed by atoms with Crippen LogP contribution in [0.5, 0.6) is 0 Å². The summed E-state index contributed by atoms with van der Waals surface area (Å²) < 4.78 is 0. The van der Waals surface area contributed by atoms with Crippen molar-refractivity contribution in [3.63, 3.8) is 0 Å². The molecule has 0 spiro atoms. The SMILES string of the molecule is N#CC1(Cc2ccc([N+](=O)[O-])cc2Cl)CCC1. The zero-order valence-electron chi connectivity index (χ0n) is 9.15. The number of nitro groups is 1. The van der Waals surface area contributed by atoms with Gasteiger partial charge in [0.05, 0.1) is 21.4 Å². The largest absolute Gasteiger partial charge is 0.270 e. The summed E-state index contributed by atoms with van der Waals surface area (Å²) in [6.45, 7) is 0. The minimum absolute atomic E-state index is 0.0154. The topological polar surface area (TPSA) is 66.9 Å². The molecule has 0 saturated heterocycles. The van der Waals surface area contributed by atoms with Crippen LogP contribution in [0.2, 0.25) is 5.02 Å². The minimum atomic E-state index is -0.473. The smallest absolute Gasteiger partial charge is 0.258 e. The van der Waals surface area contributed by atoms with Gasteiger partial charge in [-0.2, -0.15) is 5.26 Å². The maximum Gasteiger partial charge on any atom is 0.270 e. The van der Waals surface area contributed by atoms with Gasteiger partial charge in [-0.05, 0) is 24.8 Å². The first-order chi connectivity index (χ1) is 8.06. The second kappa shape index (κ2) is 4.34. The molecule has 5 heteroatoms. The van der Waals surface area contributed by atoms with E-state index >= 15 is 0 Å². The number of nitrogens with zero attached hydrogens (tertiary/aromatic N) is 2. The third-order valence-electron chi connectivity index (χ3n) is 3.32. The van der Waals surface area contributed by atoms with Crippen molar-refractivity contribution in [3.05, 3.63) is 38.9 Å². The summed E-state index contributed by atoms with van der Waals surface area (Å²) in [5.41, 5.74) is 0.497. The molecular formula is C12H11ClN2O2. The average molecular weight is 251 g/mol. The first-order valence-electron chi connectivity index (χ1n) is 5.40. The normalized spacial score (nSPS) is 16.9. The van der Waals surface area contributed by atoms with Crippen LogP contribution < -0.4 is 0 Å². The molecule has 0 aromatic heterocycles. The van der Waals surface area contributed by atoms with Crippen LogP contribution in [0.3, 0.4) is 0 Å². The number of nitriles is 1. The van der Waals surface area contributed by atoms with Gasteiger partial charge in [-0.25, -0.2) is 0 Å². The lowest BCUT2D eigenvalue weighted by molar-refractivity contribution is -0.384. The number of halogens is 1. The van der Waals surface area contributed by atoms with Crippen molar-refractivity contribution < 1.29 is 4.92 Å². The third kappa shape index (κ3) is 2.25. The van der Waals surface area contributed by atoms with E-state index in [9.17, 15) is 10.1 Å². The summed E-state index contributed by atoms with van der Waals surface area (Å²) in [6.07, 6.45) is 3.42. The molecular weight excluding hydrogens is 240 g/mol. The Labute approximate surface area is 104 Å². The average Bonchev–Trinajstić information content (AvgIpc) is 2.25. The van der Waals surface area contributed by atoms with Crippen molar-refractivity contribution in [3.8, 4) is 6.07 Å². The molecule has 1 aromatic carbocycles. The van der Waals surface area contributed by atoms with Crippen LogP contribution in [-0.4, -0.2) is 4.92 Å². The first kappa shape index (κ1) is 11.9. The van der Waals surface area contributed by atoms with E-state index in [1.54, 1.807) is 6.07 Å². The molecule has 2 rings (SSSR count). The lowest BCUT2D eigenvalue weighted by atomic mass is 9.66. The van der Waals surface area contributed by atoms with Gasteiger partial charge in [-0.3, -0.25) is 10.1 Å². The highest BCUT2D eigenvalue weighted by Gasteiger charge is 2.37. The van der Waals surface area contributed by atoms with E-state index in [1.165, 1.54) is 12.1 Å². The van der Waals surface area contributed by atoms with Crippen molar-refractivity contribution in [1.29, 1.82) is 5.26 Å². The third-order valence-corrected chi connectivity index (χ3v) is 3.68. The molecule has 0 bridgehead atoms. The molecule has 1 saturated carbocycles. The Morgan fingerprint density at radius 2 is 2.24 bits per heavy atom. The molecule has 88 valence electrons. The second-order valence-electron chi connectivity index (χ2n) is 4.46. The summed E-state index contributed by atoms with van der Waals surface area (Å²) in [4.78, 5) is 10.1. The summed E-state index contributed by atoms with van der Waals surface area (Å²) in [6, 6.07) is 6.77. The Kier molecular flexibility index (Phi) is 3.03. The van der Waals surface area contributed by atoms with Crippen LogP contribution >= 0.6 is 11.6 Å². The van der Waals surface area contributed by atoms with Crippen LogP contribution in [0, 0.1) is 26.9 Å². The number of hydrogen-bond donors (Lipinski definition) is 0. The van der Waals surface area contributed by atoms with Gasteiger partial charge < -0.3 is 0 Å². The molecule has 1 aliphatic carbocycles. The Bertz CT molecular complexity index is 504. The highest BCUT2D eigenvalue weighted by atomic mass is 35.5. The molecule has 1 aliphatic rings. The van der Waals surface area contributed by atoms with E-state index in [4.69, 9.17) is 16.9 Å². The molecule has 0 amide bonds. The Hall–Kier alpha value is -1.60. The number of benzene rings is 1. The van der Waals surface area contributed by atoms with Gasteiger partial charge in [0.2, 0.25) is 0 Å². The Morgan fingerprint density at radius 1 is 1.53 bits per heavy atom. The number of nitro benzene ring substituents is 1. The quantitative estimate of drug-likeness (QED) is 0.609. The summed E-state index contributed by atoms with van der Waals surface area (Å²) in [5, 5.41) is 20.1. The molecule has 0 N–H and O–H groups in total. The van der Waals surface area contributed by atoms with Crippen molar-refractivity contribution in [2.24, 2.45) is 5.41 Å². The molecule has 0 atom stereocenters. The van der Waals surface area contributed by atoms with Crippen molar-refractivity contribution in [2.45, 2.75) is 25.7 Å². The Balaban J connectivity index is 2.23. The predicted octanol–water partition coefficient (Wildman–Crippen LogP) is 3.48. The summed E-state index contributed by atoms with van der Waals surface area (Å²) >= 11 is 6.00. The first-order valence-corrected chi connectivity index (χ1v) is 5.78. The fraction of sp³-hybridized carbons (Fsp3) is 0.417. The lowest BCUT2D eigenvalue weighted by Gasteiger charge is -2.35. The highest BCUT2D eigenvalue weighted by Crippen LogP contribution is 2.44. The Morgan fingerprint density at radius 3 is 2.65 bits per heavy atom. The van der Waals surface area contributed by atoms with Crippen LogP contribution in [0.4, 0.5) is 5.69 Å². The standard InChI is InChI=1S/C12H11ClN2O2/c13-11-6-10(15(16)17)3-2-9(11)7-12(8-14)4-1-5-12/h2-3,6H,1,4-5,7H2. The van der Waals surface area contributed by atoms with Crippen LogP contribution in [0.15, 0.2) is 18.2 Å². The summed E-state index contributed by atoms with van der Waals surface area (Å²) in [5.74, 6) is 0. The van der Waals surface area contributed by atoms with E-state index in [-0.39, 0.29) is 11.1 Å². The number of hydrogen-bond acceptors (Lipinski definition) is 3. The highest BCUT2D eigenvalue weighted by molar-refractivity contribution is 6.31. The van der Waals surface area contributed by atoms with Crippen molar-refractivity contribution in [1.82, 2.24) is 0 Å². The molecule has 0 heterocycles. The van der Waals surface area contributed by atoms with E-state index in [1.807, 2.05) is 0 Å². The van der Waals surface area contributed by atoms with E-state index in [0.717, 1.165) is 24.8 Å². The second-order valence-corrected chi connectivity index (χ2v) is 4.86. The number of non-ortho nitro benzene ring substituents is 1. The van der Waals surface area contributed by atoms with Gasteiger partial charge in [0.25, 0.3) is 5.69 Å². The molecule has 0 radical (unpaired) electrons. The van der Waals surface area contributed by atoms with Crippen LogP contribution in [0.25, 0.3) is 0 Å². The van der Waals surface area contributed by atoms with Gasteiger partial charge >= 0.3 is 0 Å². The fourth-order valence-corrected chi connectivity index (χ4v) is 2.33. The van der Waals surface area contributed by atoms with Gasteiger partial charge in [-0.1, -0.05) is 24.1 Å². The van der Waals surface area contributed by atoms with E-state index in [2.05, 4.69) is 6.07 Å². The molecule has 1 aromatic rings. The number of rotatable bonds is 3.